The lowest BCUT2D eigenvalue weighted by atomic mass is 9.81. The van der Waals surface area contributed by atoms with Crippen molar-refractivity contribution in [2.24, 2.45) is 0 Å². The van der Waals surface area contributed by atoms with Crippen LogP contribution in [0.2, 0.25) is 0 Å². The molecule has 1 amide bonds. The molecule has 2 fully saturated rings. The largest absolute Gasteiger partial charge is 0.416 e. The van der Waals surface area contributed by atoms with Gasteiger partial charge in [0.25, 0.3) is 0 Å². The van der Waals surface area contributed by atoms with Crippen LogP contribution in [-0.4, -0.2) is 87.1 Å². The summed E-state index contributed by atoms with van der Waals surface area (Å²) in [6.45, 7) is 7.07. The van der Waals surface area contributed by atoms with Crippen molar-refractivity contribution < 1.29 is 43.9 Å². The molecule has 8 nitrogen and oxygen atoms in total. The number of sulfonamides is 1. The number of alkyl halides is 6. The second kappa shape index (κ2) is 12.8. The number of carbonyl (C=O) groups is 1. The summed E-state index contributed by atoms with van der Waals surface area (Å²) in [5.41, 5.74) is -3.77. The van der Waals surface area contributed by atoms with Gasteiger partial charge in [0.1, 0.15) is 11.6 Å². The SMILES string of the molecule is Cc1cc(F)ccc1-c1cc(N2CCN3CCN(S(C)(=O)=O)CC3C2)ncc1N(C)C(=O)C(C)(C)c1cc(C(F)(F)F)cc(C(F)(F)F)c1. The highest BCUT2D eigenvalue weighted by atomic mass is 32.2. The van der Waals surface area contributed by atoms with Crippen molar-refractivity contribution >= 4 is 27.4 Å². The van der Waals surface area contributed by atoms with Crippen molar-refractivity contribution in [3.63, 3.8) is 0 Å². The topological polar surface area (TPSA) is 77.1 Å². The zero-order chi connectivity index (χ0) is 36.3. The number of halogens is 7. The van der Waals surface area contributed by atoms with E-state index in [9.17, 15) is 43.9 Å². The number of nitrogens with zero attached hydrogens (tertiary/aromatic N) is 5. The molecule has 16 heteroatoms. The van der Waals surface area contributed by atoms with E-state index in [2.05, 4.69) is 9.88 Å². The zero-order valence-corrected chi connectivity index (χ0v) is 28.3. The van der Waals surface area contributed by atoms with Crippen molar-refractivity contribution in [2.75, 3.05) is 62.4 Å². The number of hydrogen-bond donors (Lipinski definition) is 0. The van der Waals surface area contributed by atoms with Gasteiger partial charge >= 0.3 is 12.4 Å². The lowest BCUT2D eigenvalue weighted by Crippen LogP contribution is -2.62. The summed E-state index contributed by atoms with van der Waals surface area (Å²) in [5.74, 6) is -0.824. The van der Waals surface area contributed by atoms with Crippen molar-refractivity contribution in [3.8, 4) is 11.1 Å². The summed E-state index contributed by atoms with van der Waals surface area (Å²) < 4.78 is 122. The van der Waals surface area contributed by atoms with Crippen LogP contribution in [-0.2, 0) is 32.6 Å². The number of piperazine rings is 2. The minimum Gasteiger partial charge on any atom is -0.354 e. The molecule has 266 valence electrons. The van der Waals surface area contributed by atoms with Gasteiger partial charge in [0.2, 0.25) is 15.9 Å². The fraction of sp³-hybridized carbons (Fsp3) is 0.455. The van der Waals surface area contributed by atoms with Gasteiger partial charge in [-0.2, -0.15) is 30.6 Å². The highest BCUT2D eigenvalue weighted by molar-refractivity contribution is 7.88. The molecule has 0 spiro atoms. The average Bonchev–Trinajstić information content (AvgIpc) is 3.01. The lowest BCUT2D eigenvalue weighted by molar-refractivity contribution is -0.143. The van der Waals surface area contributed by atoms with E-state index < -0.39 is 56.2 Å². The molecule has 2 aliphatic rings. The van der Waals surface area contributed by atoms with Crippen LogP contribution in [0.5, 0.6) is 0 Å². The number of pyridine rings is 1. The molecule has 3 aromatic rings. The third-order valence-corrected chi connectivity index (χ3v) is 10.6. The van der Waals surface area contributed by atoms with Gasteiger partial charge in [0, 0.05) is 57.9 Å². The van der Waals surface area contributed by atoms with E-state index in [1.165, 1.54) is 55.9 Å². The van der Waals surface area contributed by atoms with Crippen molar-refractivity contribution in [1.29, 1.82) is 0 Å². The number of anilines is 2. The predicted molar refractivity (Wildman–Crippen MR) is 171 cm³/mol. The van der Waals surface area contributed by atoms with Crippen molar-refractivity contribution in [2.45, 2.75) is 44.6 Å². The Morgan fingerprint density at radius 2 is 1.45 bits per heavy atom. The minimum absolute atomic E-state index is 0.0116. The van der Waals surface area contributed by atoms with Crippen LogP contribution in [0.15, 0.2) is 48.7 Å². The summed E-state index contributed by atoms with van der Waals surface area (Å²) in [7, 11) is -2.04. The average molecular weight is 716 g/mol. The molecule has 0 radical (unpaired) electrons. The molecule has 0 bridgehead atoms. The Bertz CT molecular complexity index is 1830. The number of aromatic nitrogens is 1. The van der Waals surface area contributed by atoms with Crippen LogP contribution in [0.3, 0.4) is 0 Å². The predicted octanol–water partition coefficient (Wildman–Crippen LogP) is 5.94. The Labute approximate surface area is 280 Å². The summed E-state index contributed by atoms with van der Waals surface area (Å²) in [5, 5.41) is 0. The Morgan fingerprint density at radius 3 is 2.02 bits per heavy atom. The van der Waals surface area contributed by atoms with E-state index in [1.807, 2.05) is 4.90 Å². The molecular weight excluding hydrogens is 679 g/mol. The third kappa shape index (κ3) is 7.55. The number of amides is 1. The van der Waals surface area contributed by atoms with E-state index in [0.29, 0.717) is 73.9 Å². The molecule has 3 heterocycles. The normalized spacial score (nSPS) is 18.4. The number of benzene rings is 2. The number of carbonyl (C=O) groups excluding carboxylic acids is 1. The molecule has 2 aliphatic heterocycles. The fourth-order valence-electron chi connectivity index (χ4n) is 6.43. The Hall–Kier alpha value is -3.76. The molecule has 2 aromatic carbocycles. The molecule has 2 saturated heterocycles. The van der Waals surface area contributed by atoms with Crippen molar-refractivity contribution in [1.82, 2.24) is 14.2 Å². The molecule has 1 aromatic heterocycles. The van der Waals surface area contributed by atoms with E-state index in [-0.39, 0.29) is 17.8 Å². The Balaban J connectivity index is 1.54. The summed E-state index contributed by atoms with van der Waals surface area (Å²) in [4.78, 5) is 24.0. The van der Waals surface area contributed by atoms with Crippen LogP contribution in [0.1, 0.15) is 36.1 Å². The summed E-state index contributed by atoms with van der Waals surface area (Å²) >= 11 is 0. The lowest BCUT2D eigenvalue weighted by Gasteiger charge is -2.47. The molecule has 49 heavy (non-hydrogen) atoms. The first-order chi connectivity index (χ1) is 22.6. The third-order valence-electron chi connectivity index (χ3n) is 9.31. The Kier molecular flexibility index (Phi) is 9.57. The van der Waals surface area contributed by atoms with Crippen molar-refractivity contribution in [3.05, 3.63) is 76.7 Å². The fourth-order valence-corrected chi connectivity index (χ4v) is 7.28. The molecule has 0 saturated carbocycles. The molecule has 0 N–H and O–H groups in total. The molecule has 5 rings (SSSR count). The van der Waals surface area contributed by atoms with Crippen LogP contribution >= 0.6 is 0 Å². The van der Waals surface area contributed by atoms with Gasteiger partial charge in [-0.15, -0.1) is 0 Å². The maximum Gasteiger partial charge on any atom is 0.416 e. The van der Waals surface area contributed by atoms with E-state index in [0.717, 1.165) is 4.90 Å². The van der Waals surface area contributed by atoms with Gasteiger partial charge in [0.15, 0.2) is 0 Å². The first kappa shape index (κ1) is 36.5. The Morgan fingerprint density at radius 1 is 0.857 bits per heavy atom. The van der Waals surface area contributed by atoms with Crippen LogP contribution in [0, 0.1) is 12.7 Å². The number of hydrogen-bond acceptors (Lipinski definition) is 6. The number of likely N-dealkylation sites (N-methyl/N-ethyl adjacent to an activating group) is 1. The van der Waals surface area contributed by atoms with Crippen LogP contribution < -0.4 is 9.80 Å². The maximum absolute atomic E-state index is 14.2. The van der Waals surface area contributed by atoms with E-state index in [1.54, 1.807) is 13.0 Å². The molecule has 1 atom stereocenters. The molecule has 1 unspecified atom stereocenters. The molecule has 0 aliphatic carbocycles. The number of rotatable bonds is 6. The second-order valence-electron chi connectivity index (χ2n) is 13.1. The van der Waals surface area contributed by atoms with E-state index in [4.69, 9.17) is 0 Å². The second-order valence-corrected chi connectivity index (χ2v) is 15.0. The van der Waals surface area contributed by atoms with Crippen LogP contribution in [0.4, 0.5) is 42.2 Å². The van der Waals surface area contributed by atoms with E-state index >= 15 is 0 Å². The maximum atomic E-state index is 14.2. The highest BCUT2D eigenvalue weighted by Gasteiger charge is 2.42. The zero-order valence-electron chi connectivity index (χ0n) is 27.5. The summed E-state index contributed by atoms with van der Waals surface area (Å²) in [6.07, 6.45) is -7.63. The highest BCUT2D eigenvalue weighted by Crippen LogP contribution is 2.41. The quantitative estimate of drug-likeness (QED) is 0.295. The number of aryl methyl sites for hydroxylation is 1. The van der Waals surface area contributed by atoms with Gasteiger partial charge in [-0.05, 0) is 73.9 Å². The number of fused-ring (bicyclic) bond motifs is 1. The first-order valence-corrected chi connectivity index (χ1v) is 17.2. The smallest absolute Gasteiger partial charge is 0.354 e. The van der Waals surface area contributed by atoms with Gasteiger partial charge in [-0.3, -0.25) is 9.69 Å². The van der Waals surface area contributed by atoms with Crippen LogP contribution in [0.25, 0.3) is 11.1 Å². The van der Waals surface area contributed by atoms with Gasteiger partial charge in [-0.25, -0.2) is 17.8 Å². The van der Waals surface area contributed by atoms with Gasteiger partial charge in [-0.1, -0.05) is 6.07 Å². The monoisotopic (exact) mass is 715 g/mol. The summed E-state index contributed by atoms with van der Waals surface area (Å²) in [6, 6.07) is 6.73. The molecular formula is C33H36F7N5O3S. The first-order valence-electron chi connectivity index (χ1n) is 15.4. The standard InChI is InChI=1S/C33H36F7N5O3S/c1-20-12-24(34)6-7-26(20)27-16-29(44-9-8-43-10-11-45(49(5,47)48)19-25(43)18-44)41-17-28(27)42(4)30(46)31(2,3)21-13-22(32(35,36)37)15-23(14-21)33(38,39)40/h6-7,12-17,25H,8-11,18-19H2,1-5H3. The van der Waals surface area contributed by atoms with Gasteiger partial charge < -0.3 is 9.80 Å². The van der Waals surface area contributed by atoms with Gasteiger partial charge in [0.05, 0.1) is 34.7 Å². The minimum atomic E-state index is -5.10.